The van der Waals surface area contributed by atoms with Crippen LogP contribution in [-0.2, 0) is 9.47 Å². The zero-order valence-corrected chi connectivity index (χ0v) is 25.9. The largest absolute Gasteiger partial charge is 0.432 e. The van der Waals surface area contributed by atoms with Crippen LogP contribution in [0.1, 0.15) is 113 Å². The fourth-order valence-corrected chi connectivity index (χ4v) is 7.46. The van der Waals surface area contributed by atoms with Crippen LogP contribution in [0.4, 0.5) is 26.3 Å². The van der Waals surface area contributed by atoms with Crippen molar-refractivity contribution >= 4 is 6.08 Å². The molecule has 2 aromatic carbocycles. The summed E-state index contributed by atoms with van der Waals surface area (Å²) in [6.07, 6.45) is 7.14. The molecule has 5 rings (SSSR count). The minimum absolute atomic E-state index is 0.0427. The minimum atomic E-state index is -3.69. The lowest BCUT2D eigenvalue weighted by Crippen LogP contribution is -2.37. The van der Waals surface area contributed by atoms with Crippen LogP contribution in [0.3, 0.4) is 0 Å². The molecule has 2 aliphatic carbocycles. The summed E-state index contributed by atoms with van der Waals surface area (Å²) in [7, 11) is 0. The fraction of sp³-hybridized carbons (Fsp3) is 0.611. The van der Waals surface area contributed by atoms with E-state index in [-0.39, 0.29) is 25.1 Å². The van der Waals surface area contributed by atoms with Crippen molar-refractivity contribution in [2.24, 2.45) is 23.7 Å². The first kappa shape index (κ1) is 33.8. The maximum Gasteiger partial charge on any atom is 0.400 e. The molecule has 0 radical (unpaired) electrons. The predicted octanol–water partition coefficient (Wildman–Crippen LogP) is 11.0. The average molecular weight is 639 g/mol. The van der Waals surface area contributed by atoms with Gasteiger partial charge >= 0.3 is 6.11 Å². The summed E-state index contributed by atoms with van der Waals surface area (Å²) in [6.45, 7) is 3.43. The van der Waals surface area contributed by atoms with Crippen molar-refractivity contribution in [3.63, 3.8) is 0 Å². The molecule has 0 atom stereocenters. The van der Waals surface area contributed by atoms with Crippen molar-refractivity contribution in [1.82, 2.24) is 0 Å². The highest BCUT2D eigenvalue weighted by Gasteiger charge is 2.44. The van der Waals surface area contributed by atoms with Gasteiger partial charge in [0.2, 0.25) is 0 Å². The van der Waals surface area contributed by atoms with Gasteiger partial charge in [-0.25, -0.2) is 17.6 Å². The maximum atomic E-state index is 15.3. The Balaban J connectivity index is 1.10. The van der Waals surface area contributed by atoms with E-state index in [1.807, 2.05) is 0 Å². The van der Waals surface area contributed by atoms with Crippen LogP contribution in [0, 0.1) is 41.1 Å². The number of unbranched alkanes of at least 4 members (excludes halogenated alkanes) is 2. The van der Waals surface area contributed by atoms with Crippen molar-refractivity contribution in [1.29, 1.82) is 0 Å². The van der Waals surface area contributed by atoms with Gasteiger partial charge in [-0.2, -0.15) is 8.78 Å². The van der Waals surface area contributed by atoms with Crippen molar-refractivity contribution < 1.29 is 40.6 Å². The third kappa shape index (κ3) is 8.45. The van der Waals surface area contributed by atoms with Gasteiger partial charge in [-0.3, -0.25) is 0 Å². The normalized spacial score (nSPS) is 28.0. The summed E-state index contributed by atoms with van der Waals surface area (Å²) < 4.78 is 102. The van der Waals surface area contributed by atoms with Crippen LogP contribution in [0.5, 0.6) is 5.75 Å². The van der Waals surface area contributed by atoms with E-state index in [1.165, 1.54) is 57.4 Å². The monoisotopic (exact) mass is 638 g/mol. The SMILES string of the molecule is CCCCCC1CCC(C2COC(c3ccc(C4CCC(C(F)(F)Oc5cc(F)c(C=CF)c(F)c5)CC4)c(F)c3)OC2)CC1. The van der Waals surface area contributed by atoms with E-state index in [0.717, 1.165) is 5.92 Å². The molecule has 0 spiro atoms. The molecule has 2 aromatic rings. The second-order valence-corrected chi connectivity index (χ2v) is 13.1. The Kier molecular flexibility index (Phi) is 11.6. The van der Waals surface area contributed by atoms with E-state index in [4.69, 9.17) is 14.2 Å². The van der Waals surface area contributed by atoms with Gasteiger partial charge in [-0.05, 0) is 74.0 Å². The Bertz CT molecular complexity index is 1250. The van der Waals surface area contributed by atoms with E-state index in [9.17, 15) is 22.0 Å². The summed E-state index contributed by atoms with van der Waals surface area (Å²) in [6, 6.07) is 6.13. The minimum Gasteiger partial charge on any atom is -0.432 e. The molecule has 0 bridgehead atoms. The van der Waals surface area contributed by atoms with Crippen LogP contribution in [0.25, 0.3) is 6.08 Å². The smallest absolute Gasteiger partial charge is 0.400 e. The molecule has 1 saturated heterocycles. The van der Waals surface area contributed by atoms with Crippen LogP contribution >= 0.6 is 0 Å². The number of hydrogen-bond acceptors (Lipinski definition) is 3. The Hall–Kier alpha value is -2.52. The molecular weight excluding hydrogens is 594 g/mol. The summed E-state index contributed by atoms with van der Waals surface area (Å²) in [4.78, 5) is 0. The number of halogens is 6. The summed E-state index contributed by atoms with van der Waals surface area (Å²) in [5.74, 6) is -3.17. The van der Waals surface area contributed by atoms with Gasteiger partial charge in [0.05, 0.1) is 25.5 Å². The van der Waals surface area contributed by atoms with Crippen LogP contribution in [-0.4, -0.2) is 19.3 Å². The van der Waals surface area contributed by atoms with Gasteiger partial charge in [-0.1, -0.05) is 57.6 Å². The first-order chi connectivity index (χ1) is 21.7. The van der Waals surface area contributed by atoms with Gasteiger partial charge in [0.25, 0.3) is 0 Å². The summed E-state index contributed by atoms with van der Waals surface area (Å²) in [5.41, 5.74) is 0.389. The Morgan fingerprint density at radius 3 is 2.09 bits per heavy atom. The molecule has 0 amide bonds. The first-order valence-corrected chi connectivity index (χ1v) is 16.5. The van der Waals surface area contributed by atoms with Crippen LogP contribution < -0.4 is 4.74 Å². The zero-order chi connectivity index (χ0) is 32.0. The second-order valence-electron chi connectivity index (χ2n) is 13.1. The standard InChI is InChI=1S/C36H44F6O3/c1-2-3-4-5-23-6-8-24(9-7-23)27-21-43-35(44-22-27)26-12-15-30(32(38)18-26)25-10-13-28(14-11-25)36(41,42)45-29-19-33(39)31(16-17-37)34(40)20-29/h12,15-20,23-25,27-28,35H,2-11,13-14,21-22H2,1H3. The van der Waals surface area contributed by atoms with E-state index in [1.54, 1.807) is 12.1 Å². The number of ether oxygens (including phenoxy) is 3. The molecule has 0 N–H and O–H groups in total. The lowest BCUT2D eigenvalue weighted by atomic mass is 9.74. The molecular formula is C36H44F6O3. The predicted molar refractivity (Wildman–Crippen MR) is 161 cm³/mol. The molecule has 45 heavy (non-hydrogen) atoms. The Labute approximate surface area is 262 Å². The molecule has 2 saturated carbocycles. The van der Waals surface area contributed by atoms with Crippen molar-refractivity contribution in [3.8, 4) is 5.75 Å². The Morgan fingerprint density at radius 1 is 0.822 bits per heavy atom. The second kappa shape index (κ2) is 15.4. The maximum absolute atomic E-state index is 15.3. The molecule has 0 aromatic heterocycles. The van der Waals surface area contributed by atoms with Crippen molar-refractivity contribution in [2.45, 2.75) is 102 Å². The van der Waals surface area contributed by atoms with Crippen LogP contribution in [0.15, 0.2) is 36.7 Å². The topological polar surface area (TPSA) is 27.7 Å². The van der Waals surface area contributed by atoms with Gasteiger partial charge in [0.1, 0.15) is 23.2 Å². The third-order valence-electron chi connectivity index (χ3n) is 10.2. The van der Waals surface area contributed by atoms with E-state index < -0.39 is 47.1 Å². The number of rotatable bonds is 11. The van der Waals surface area contributed by atoms with Crippen molar-refractivity contribution in [3.05, 3.63) is 70.8 Å². The number of benzene rings is 2. The number of hydrogen-bond donors (Lipinski definition) is 0. The van der Waals surface area contributed by atoms with Crippen LogP contribution in [0.2, 0.25) is 0 Å². The van der Waals surface area contributed by atoms with Gasteiger partial charge in [0.15, 0.2) is 6.29 Å². The molecule has 3 aliphatic rings. The Morgan fingerprint density at radius 2 is 1.49 bits per heavy atom. The zero-order valence-electron chi connectivity index (χ0n) is 25.9. The summed E-state index contributed by atoms with van der Waals surface area (Å²) in [5, 5.41) is 0. The highest BCUT2D eigenvalue weighted by Crippen LogP contribution is 2.45. The lowest BCUT2D eigenvalue weighted by Gasteiger charge is -2.38. The quantitative estimate of drug-likeness (QED) is 0.181. The molecule has 3 nitrogen and oxygen atoms in total. The molecule has 9 heteroatoms. The number of alkyl halides is 2. The van der Waals surface area contributed by atoms with Gasteiger partial charge in [0, 0.05) is 29.2 Å². The average Bonchev–Trinajstić information content (AvgIpc) is 3.03. The molecule has 1 heterocycles. The molecule has 3 fully saturated rings. The first-order valence-electron chi connectivity index (χ1n) is 16.5. The van der Waals surface area contributed by atoms with E-state index >= 15 is 4.39 Å². The lowest BCUT2D eigenvalue weighted by molar-refractivity contribution is -0.222. The van der Waals surface area contributed by atoms with Crippen molar-refractivity contribution in [2.75, 3.05) is 13.2 Å². The van der Waals surface area contributed by atoms with E-state index in [2.05, 4.69) is 6.92 Å². The fourth-order valence-electron chi connectivity index (χ4n) is 7.46. The highest BCUT2D eigenvalue weighted by molar-refractivity contribution is 5.51. The summed E-state index contributed by atoms with van der Waals surface area (Å²) >= 11 is 0. The molecule has 1 aliphatic heterocycles. The van der Waals surface area contributed by atoms with E-state index in [0.29, 0.717) is 67.2 Å². The highest BCUT2D eigenvalue weighted by atomic mass is 19.3. The van der Waals surface area contributed by atoms with Gasteiger partial charge < -0.3 is 14.2 Å². The molecule has 248 valence electrons. The third-order valence-corrected chi connectivity index (χ3v) is 10.2. The van der Waals surface area contributed by atoms with Gasteiger partial charge in [-0.15, -0.1) is 0 Å². The molecule has 0 unspecified atom stereocenters.